The maximum absolute atomic E-state index is 11.1. The Hall–Kier alpha value is -0.560. The Balaban J connectivity index is 1.54. The van der Waals surface area contributed by atoms with Crippen molar-refractivity contribution in [2.75, 3.05) is 20.3 Å². The van der Waals surface area contributed by atoms with Gasteiger partial charge >= 0.3 is 0 Å². The molecule has 0 bridgehead atoms. The summed E-state index contributed by atoms with van der Waals surface area (Å²) in [6.07, 6.45) is -7.87. The van der Waals surface area contributed by atoms with Gasteiger partial charge in [0.1, 0.15) is 36.6 Å². The summed E-state index contributed by atoms with van der Waals surface area (Å²) in [5.74, 6) is -2.24. The van der Waals surface area contributed by atoms with E-state index in [9.17, 15) is 20.4 Å². The Kier molecular flexibility index (Phi) is 7.09. The maximum atomic E-state index is 11.1. The Bertz CT molecular complexity index is 649. The first kappa shape index (κ1) is 24.6. The fourth-order valence-electron chi connectivity index (χ4n) is 4.27. The summed E-state index contributed by atoms with van der Waals surface area (Å²) in [5.41, 5.74) is 0. The van der Waals surface area contributed by atoms with Gasteiger partial charge in [-0.2, -0.15) is 19.6 Å². The average molecular weight is 468 g/mol. The van der Waals surface area contributed by atoms with Crippen molar-refractivity contribution in [1.82, 2.24) is 10.6 Å². The number of ether oxygens (including phenoxy) is 4. The first-order chi connectivity index (χ1) is 15.1. The zero-order valence-corrected chi connectivity index (χ0v) is 18.2. The second kappa shape index (κ2) is 9.24. The quantitative estimate of drug-likeness (QED) is 0.146. The van der Waals surface area contributed by atoms with Gasteiger partial charge in [-0.3, -0.25) is 10.6 Å². The molecule has 4 aliphatic rings. The number of rotatable bonds is 9. The van der Waals surface area contributed by atoms with Gasteiger partial charge < -0.3 is 39.4 Å². The lowest BCUT2D eigenvalue weighted by Crippen LogP contribution is -2.69. The van der Waals surface area contributed by atoms with Crippen LogP contribution in [0.3, 0.4) is 0 Å². The van der Waals surface area contributed by atoms with Crippen LogP contribution in [0, 0.1) is 0 Å². The normalized spacial score (nSPS) is 47.2. The summed E-state index contributed by atoms with van der Waals surface area (Å²) < 4.78 is 23.1. The van der Waals surface area contributed by atoms with Crippen LogP contribution in [0.2, 0.25) is 0 Å². The van der Waals surface area contributed by atoms with E-state index in [0.717, 1.165) is 0 Å². The Morgan fingerprint density at radius 2 is 1.31 bits per heavy atom. The fourth-order valence-corrected chi connectivity index (χ4v) is 4.27. The molecule has 14 heteroatoms. The number of hydrogen-bond acceptors (Lipinski definition) is 14. The van der Waals surface area contributed by atoms with Gasteiger partial charge in [0.25, 0.3) is 11.8 Å². The predicted molar refractivity (Wildman–Crippen MR) is 99.8 cm³/mol. The molecule has 10 unspecified atom stereocenters. The van der Waals surface area contributed by atoms with Crippen LogP contribution in [0.15, 0.2) is 0 Å². The van der Waals surface area contributed by atoms with Gasteiger partial charge in [-0.1, -0.05) is 0 Å². The molecule has 0 aliphatic carbocycles. The van der Waals surface area contributed by atoms with Gasteiger partial charge in [-0.05, 0) is 6.92 Å². The molecular formula is C18H32N2O12. The molecule has 4 saturated heterocycles. The highest BCUT2D eigenvalue weighted by Gasteiger charge is 2.56. The van der Waals surface area contributed by atoms with Gasteiger partial charge in [0.15, 0.2) is 6.29 Å². The molecule has 0 aromatic carbocycles. The standard InChI is InChI=1S/C18H32N2O12/c1-7-10(19-17(2)29-30-17)12(23)15(9(6-22)26-7)28-16-11(20-18(3)31-32-18)13(24)14(25-4)8(5-21)27-16/h7-16,19-24H,5-6H2,1-4H3. The minimum absolute atomic E-state index is 0.440. The van der Waals surface area contributed by atoms with Crippen molar-refractivity contribution in [3.63, 3.8) is 0 Å². The molecule has 4 aliphatic heterocycles. The lowest BCUT2D eigenvalue weighted by atomic mass is 9.92. The second-order valence-electron chi connectivity index (χ2n) is 8.63. The van der Waals surface area contributed by atoms with Gasteiger partial charge in [-0.15, -0.1) is 0 Å². The van der Waals surface area contributed by atoms with Gasteiger partial charge in [0, 0.05) is 21.0 Å². The van der Waals surface area contributed by atoms with Crippen molar-refractivity contribution in [3.8, 4) is 0 Å². The van der Waals surface area contributed by atoms with E-state index in [1.807, 2.05) is 0 Å². The lowest BCUT2D eigenvalue weighted by Gasteiger charge is -2.48. The highest BCUT2D eigenvalue weighted by Crippen LogP contribution is 2.35. The van der Waals surface area contributed by atoms with Crippen molar-refractivity contribution in [1.29, 1.82) is 0 Å². The van der Waals surface area contributed by atoms with Crippen molar-refractivity contribution in [2.45, 2.75) is 93.7 Å². The van der Waals surface area contributed by atoms with Crippen molar-refractivity contribution < 1.29 is 58.9 Å². The van der Waals surface area contributed by atoms with Gasteiger partial charge in [-0.25, -0.2) is 0 Å². The van der Waals surface area contributed by atoms with Crippen LogP contribution in [-0.2, 0) is 38.5 Å². The maximum Gasteiger partial charge on any atom is 0.285 e. The van der Waals surface area contributed by atoms with E-state index in [0.29, 0.717) is 0 Å². The Morgan fingerprint density at radius 3 is 1.81 bits per heavy atom. The van der Waals surface area contributed by atoms with Gasteiger partial charge in [0.2, 0.25) is 0 Å². The predicted octanol–water partition coefficient (Wildman–Crippen LogP) is -3.21. The first-order valence-electron chi connectivity index (χ1n) is 10.5. The molecule has 0 spiro atoms. The molecule has 32 heavy (non-hydrogen) atoms. The summed E-state index contributed by atoms with van der Waals surface area (Å²) >= 11 is 0. The van der Waals surface area contributed by atoms with Crippen molar-refractivity contribution in [2.24, 2.45) is 0 Å². The average Bonchev–Trinajstić information content (AvgIpc) is 3.68. The molecule has 0 saturated carbocycles. The summed E-state index contributed by atoms with van der Waals surface area (Å²) in [6, 6.07) is -1.62. The number of aliphatic hydroxyl groups is 4. The summed E-state index contributed by atoms with van der Waals surface area (Å²) in [6.45, 7) is 4.06. The molecule has 6 N–H and O–H groups in total. The largest absolute Gasteiger partial charge is 0.394 e. The van der Waals surface area contributed by atoms with E-state index in [-0.39, 0.29) is 0 Å². The molecule has 4 heterocycles. The van der Waals surface area contributed by atoms with Crippen LogP contribution in [0.4, 0.5) is 0 Å². The third kappa shape index (κ3) is 4.94. The van der Waals surface area contributed by atoms with Crippen LogP contribution < -0.4 is 10.6 Å². The lowest BCUT2D eigenvalue weighted by molar-refractivity contribution is -0.318. The molecule has 0 radical (unpaired) electrons. The molecular weight excluding hydrogens is 436 g/mol. The Labute approximate surface area is 184 Å². The number of nitrogens with one attached hydrogen (secondary N) is 2. The third-order valence-electron chi connectivity index (χ3n) is 6.09. The third-order valence-corrected chi connectivity index (χ3v) is 6.09. The second-order valence-corrected chi connectivity index (χ2v) is 8.63. The van der Waals surface area contributed by atoms with Crippen molar-refractivity contribution >= 4 is 0 Å². The van der Waals surface area contributed by atoms with E-state index in [2.05, 4.69) is 10.6 Å². The van der Waals surface area contributed by atoms with Crippen LogP contribution in [0.25, 0.3) is 0 Å². The molecule has 0 aromatic heterocycles. The van der Waals surface area contributed by atoms with Crippen LogP contribution >= 0.6 is 0 Å². The highest BCUT2D eigenvalue weighted by atomic mass is 17.4. The molecule has 186 valence electrons. The molecule has 0 amide bonds. The van der Waals surface area contributed by atoms with Crippen LogP contribution in [0.5, 0.6) is 0 Å². The fraction of sp³-hybridized carbons (Fsp3) is 1.00. The van der Waals surface area contributed by atoms with E-state index in [1.54, 1.807) is 20.8 Å². The summed E-state index contributed by atoms with van der Waals surface area (Å²) in [7, 11) is 1.38. The topological polar surface area (TPSA) is 192 Å². The molecule has 4 rings (SSSR count). The zero-order chi connectivity index (χ0) is 23.3. The van der Waals surface area contributed by atoms with Gasteiger partial charge in [0.05, 0.1) is 31.4 Å². The SMILES string of the molecule is COC1C(CO)OC(OC2C(CO)OC(C)C(NC3(C)OO3)C2O)C(NC2(C)OO2)C1O. The number of aliphatic hydroxyl groups excluding tert-OH is 4. The van der Waals surface area contributed by atoms with E-state index < -0.39 is 86.1 Å². The summed E-state index contributed by atoms with van der Waals surface area (Å²) in [4.78, 5) is 19.5. The zero-order valence-electron chi connectivity index (χ0n) is 18.2. The molecule has 10 atom stereocenters. The monoisotopic (exact) mass is 468 g/mol. The number of hydrogen-bond donors (Lipinski definition) is 6. The molecule has 4 fully saturated rings. The minimum Gasteiger partial charge on any atom is -0.394 e. The van der Waals surface area contributed by atoms with Crippen molar-refractivity contribution in [3.05, 3.63) is 0 Å². The smallest absolute Gasteiger partial charge is 0.285 e. The molecule has 0 aromatic rings. The van der Waals surface area contributed by atoms with E-state index in [1.165, 1.54) is 7.11 Å². The van der Waals surface area contributed by atoms with Crippen LogP contribution in [0.1, 0.15) is 20.8 Å². The molecule has 14 nitrogen and oxygen atoms in total. The number of methoxy groups -OCH3 is 1. The minimum atomic E-state index is -1.20. The first-order valence-corrected chi connectivity index (χ1v) is 10.5. The Morgan fingerprint density at radius 1 is 0.812 bits per heavy atom. The highest BCUT2D eigenvalue weighted by molar-refractivity contribution is 5.00. The van der Waals surface area contributed by atoms with Crippen LogP contribution in [-0.4, -0.2) is 114 Å². The van der Waals surface area contributed by atoms with E-state index >= 15 is 0 Å². The van der Waals surface area contributed by atoms with E-state index in [4.69, 9.17) is 38.5 Å². The summed E-state index contributed by atoms with van der Waals surface area (Å²) in [5, 5.41) is 47.5.